The van der Waals surface area contributed by atoms with E-state index in [9.17, 15) is 4.79 Å². The highest BCUT2D eigenvalue weighted by Crippen LogP contribution is 2.29. The highest BCUT2D eigenvalue weighted by molar-refractivity contribution is 6.30. The predicted molar refractivity (Wildman–Crippen MR) is 137 cm³/mol. The lowest BCUT2D eigenvalue weighted by atomic mass is 10.0. The molecule has 1 N–H and O–H groups in total. The van der Waals surface area contributed by atoms with Crippen LogP contribution >= 0.6 is 11.6 Å². The van der Waals surface area contributed by atoms with Crippen LogP contribution in [-0.4, -0.2) is 41.4 Å². The van der Waals surface area contributed by atoms with Crippen molar-refractivity contribution in [2.45, 2.75) is 12.6 Å². The number of piperazine rings is 1. The molecule has 6 heteroatoms. The number of ether oxygens (including phenoxy) is 1. The van der Waals surface area contributed by atoms with Crippen molar-refractivity contribution >= 4 is 28.3 Å². The number of benzene rings is 3. The van der Waals surface area contributed by atoms with Gasteiger partial charge in [-0.1, -0.05) is 60.1 Å². The minimum atomic E-state index is 0.120. The van der Waals surface area contributed by atoms with Crippen LogP contribution < -0.4 is 10.1 Å². The summed E-state index contributed by atoms with van der Waals surface area (Å²) >= 11 is 6.01. The van der Waals surface area contributed by atoms with Gasteiger partial charge in [0.2, 0.25) is 0 Å². The molecule has 0 aliphatic carbocycles. The second kappa shape index (κ2) is 10.0. The number of carbonyl (C=O) groups is 1. The third-order valence-electron chi connectivity index (χ3n) is 6.58. The Balaban J connectivity index is 1.45. The predicted octanol–water partition coefficient (Wildman–Crippen LogP) is 5.24. The van der Waals surface area contributed by atoms with Crippen LogP contribution in [-0.2, 0) is 13.7 Å². The number of aryl methyl sites for hydroxylation is 1. The van der Waals surface area contributed by atoms with Crippen LogP contribution in [0.15, 0.2) is 78.9 Å². The number of ketones is 1. The second-order valence-electron chi connectivity index (χ2n) is 8.66. The van der Waals surface area contributed by atoms with Gasteiger partial charge < -0.3 is 14.6 Å². The Morgan fingerprint density at radius 3 is 2.56 bits per heavy atom. The van der Waals surface area contributed by atoms with Gasteiger partial charge in [0.05, 0.1) is 17.8 Å². The molecular formula is C28H28ClN3O2. The molecule has 1 aliphatic rings. The van der Waals surface area contributed by atoms with Crippen molar-refractivity contribution < 1.29 is 9.53 Å². The minimum Gasteiger partial charge on any atom is -0.487 e. The number of nitrogens with one attached hydrogen (secondary N) is 1. The van der Waals surface area contributed by atoms with E-state index >= 15 is 0 Å². The number of carbonyl (C=O) groups excluding carboxylic acids is 1. The lowest BCUT2D eigenvalue weighted by molar-refractivity contribution is 0.0860. The fourth-order valence-corrected chi connectivity index (χ4v) is 4.94. The lowest BCUT2D eigenvalue weighted by Crippen LogP contribution is -2.47. The number of aromatic nitrogens is 1. The summed E-state index contributed by atoms with van der Waals surface area (Å²) in [7, 11) is 2.00. The molecule has 1 fully saturated rings. The van der Waals surface area contributed by atoms with Gasteiger partial charge >= 0.3 is 0 Å². The zero-order valence-corrected chi connectivity index (χ0v) is 20.0. The summed E-state index contributed by atoms with van der Waals surface area (Å²) in [5, 5.41) is 5.11. The Morgan fingerprint density at radius 2 is 1.76 bits per heavy atom. The molecule has 0 spiro atoms. The van der Waals surface area contributed by atoms with Gasteiger partial charge in [-0.15, -0.1) is 0 Å². The standard InChI is InChI=1S/C28H28ClN3O2/c1-31-24-10-6-5-9-23(24)28(26(31)19-34-22-13-11-21(29)12-14-22)27(33)18-32-16-15-30-17-25(32)20-7-3-2-4-8-20/h2-14,25,30H,15-19H2,1H3. The van der Waals surface area contributed by atoms with Crippen molar-refractivity contribution in [3.63, 3.8) is 0 Å². The summed E-state index contributed by atoms with van der Waals surface area (Å²) in [5.41, 5.74) is 3.89. The first-order valence-corrected chi connectivity index (χ1v) is 12.0. The fourth-order valence-electron chi connectivity index (χ4n) is 4.81. The van der Waals surface area contributed by atoms with Crippen LogP contribution in [0.5, 0.6) is 5.75 Å². The fraction of sp³-hybridized carbons (Fsp3) is 0.250. The molecule has 1 aromatic heterocycles. The van der Waals surface area contributed by atoms with E-state index in [1.54, 1.807) is 12.1 Å². The number of rotatable bonds is 7. The Bertz CT molecular complexity index is 1280. The molecule has 0 radical (unpaired) electrons. The Morgan fingerprint density at radius 1 is 1.03 bits per heavy atom. The van der Waals surface area contributed by atoms with Crippen molar-refractivity contribution in [3.8, 4) is 5.75 Å². The Labute approximate surface area is 204 Å². The topological polar surface area (TPSA) is 46.5 Å². The number of Topliss-reactive ketones (excluding diaryl/α,β-unsaturated/α-hetero) is 1. The second-order valence-corrected chi connectivity index (χ2v) is 9.10. The van der Waals surface area contributed by atoms with E-state index in [-0.39, 0.29) is 11.8 Å². The third-order valence-corrected chi connectivity index (χ3v) is 6.83. The average Bonchev–Trinajstić information content (AvgIpc) is 3.16. The lowest BCUT2D eigenvalue weighted by Gasteiger charge is -2.36. The SMILES string of the molecule is Cn1c(COc2ccc(Cl)cc2)c(C(=O)CN2CCNCC2c2ccccc2)c2ccccc21. The van der Waals surface area contributed by atoms with Gasteiger partial charge in [-0.25, -0.2) is 0 Å². The maximum atomic E-state index is 13.8. The van der Waals surface area contributed by atoms with Crippen molar-refractivity contribution in [2.24, 2.45) is 7.05 Å². The summed E-state index contributed by atoms with van der Waals surface area (Å²) < 4.78 is 8.15. The largest absolute Gasteiger partial charge is 0.487 e. The van der Waals surface area contributed by atoms with E-state index in [2.05, 4.69) is 45.1 Å². The number of hydrogen-bond donors (Lipinski definition) is 1. The maximum absolute atomic E-state index is 13.8. The van der Waals surface area contributed by atoms with Crippen LogP contribution in [0, 0.1) is 0 Å². The highest BCUT2D eigenvalue weighted by Gasteiger charge is 2.28. The van der Waals surface area contributed by atoms with E-state index in [0.29, 0.717) is 18.2 Å². The van der Waals surface area contributed by atoms with Gasteiger partial charge in [0.15, 0.2) is 5.78 Å². The van der Waals surface area contributed by atoms with Crippen LogP contribution in [0.3, 0.4) is 0 Å². The van der Waals surface area contributed by atoms with Crippen LogP contribution in [0.25, 0.3) is 10.9 Å². The number of hydrogen-bond acceptors (Lipinski definition) is 4. The molecule has 5 nitrogen and oxygen atoms in total. The van der Waals surface area contributed by atoms with E-state index in [0.717, 1.165) is 47.5 Å². The van der Waals surface area contributed by atoms with Crippen molar-refractivity contribution in [3.05, 3.63) is 101 Å². The summed E-state index contributed by atoms with van der Waals surface area (Å²) in [6.07, 6.45) is 0. The summed E-state index contributed by atoms with van der Waals surface area (Å²) in [6.45, 7) is 3.20. The molecule has 4 aromatic rings. The molecule has 3 aromatic carbocycles. The molecule has 1 unspecified atom stereocenters. The molecule has 5 rings (SSSR count). The first kappa shape index (κ1) is 22.7. The molecule has 0 bridgehead atoms. The van der Waals surface area contributed by atoms with Crippen LogP contribution in [0.1, 0.15) is 27.7 Å². The first-order chi connectivity index (χ1) is 16.6. The number of nitrogens with zero attached hydrogens (tertiary/aromatic N) is 2. The molecule has 1 saturated heterocycles. The average molecular weight is 474 g/mol. The molecule has 0 amide bonds. The minimum absolute atomic E-state index is 0.120. The van der Waals surface area contributed by atoms with Crippen LogP contribution in [0.4, 0.5) is 0 Å². The van der Waals surface area contributed by atoms with Gasteiger partial charge in [0.25, 0.3) is 0 Å². The molecule has 174 valence electrons. The summed E-state index contributed by atoms with van der Waals surface area (Å²) in [6, 6.07) is 25.9. The first-order valence-electron chi connectivity index (χ1n) is 11.6. The van der Waals surface area contributed by atoms with Crippen molar-refractivity contribution in [1.29, 1.82) is 0 Å². The molecular weight excluding hydrogens is 446 g/mol. The maximum Gasteiger partial charge on any atom is 0.179 e. The summed E-state index contributed by atoms with van der Waals surface area (Å²) in [4.78, 5) is 16.1. The van der Waals surface area contributed by atoms with Gasteiger partial charge in [-0.05, 0) is 35.9 Å². The quantitative estimate of drug-likeness (QED) is 0.373. The normalized spacial score (nSPS) is 16.6. The third kappa shape index (κ3) is 4.60. The van der Waals surface area contributed by atoms with Gasteiger partial charge in [-0.3, -0.25) is 9.69 Å². The smallest absolute Gasteiger partial charge is 0.179 e. The van der Waals surface area contributed by atoms with E-state index in [1.165, 1.54) is 5.56 Å². The zero-order chi connectivity index (χ0) is 23.5. The molecule has 2 heterocycles. The van der Waals surface area contributed by atoms with E-state index < -0.39 is 0 Å². The molecule has 0 saturated carbocycles. The van der Waals surface area contributed by atoms with E-state index in [4.69, 9.17) is 16.3 Å². The number of halogens is 1. The van der Waals surface area contributed by atoms with Crippen molar-refractivity contribution in [1.82, 2.24) is 14.8 Å². The molecule has 1 aliphatic heterocycles. The number of fused-ring (bicyclic) bond motifs is 1. The Kier molecular flexibility index (Phi) is 6.68. The van der Waals surface area contributed by atoms with Crippen molar-refractivity contribution in [2.75, 3.05) is 26.2 Å². The van der Waals surface area contributed by atoms with E-state index in [1.807, 2.05) is 43.4 Å². The van der Waals surface area contributed by atoms with Crippen LogP contribution in [0.2, 0.25) is 5.02 Å². The Hall–Kier alpha value is -3.12. The number of para-hydroxylation sites is 1. The van der Waals surface area contributed by atoms with Gasteiger partial charge in [0, 0.05) is 48.6 Å². The van der Waals surface area contributed by atoms with Gasteiger partial charge in [0.1, 0.15) is 12.4 Å². The molecule has 34 heavy (non-hydrogen) atoms. The van der Waals surface area contributed by atoms with Gasteiger partial charge in [-0.2, -0.15) is 0 Å². The zero-order valence-electron chi connectivity index (χ0n) is 19.2. The summed E-state index contributed by atoms with van der Waals surface area (Å²) in [5.74, 6) is 0.841. The highest BCUT2D eigenvalue weighted by atomic mass is 35.5. The monoisotopic (exact) mass is 473 g/mol. The molecule has 1 atom stereocenters.